The lowest BCUT2D eigenvalue weighted by Gasteiger charge is -2.18. The van der Waals surface area contributed by atoms with E-state index in [0.29, 0.717) is 0 Å². The van der Waals surface area contributed by atoms with Crippen LogP contribution in [0.2, 0.25) is 0 Å². The fraction of sp³-hybridized carbons (Fsp3) is 0.357. The van der Waals surface area contributed by atoms with E-state index >= 15 is 0 Å². The minimum atomic E-state index is -0.286. The molecule has 0 spiro atoms. The van der Waals surface area contributed by atoms with Gasteiger partial charge in [-0.05, 0) is 52.0 Å². The van der Waals surface area contributed by atoms with Crippen molar-refractivity contribution < 1.29 is 4.39 Å². The second-order valence-electron chi connectivity index (χ2n) is 4.34. The van der Waals surface area contributed by atoms with Crippen molar-refractivity contribution in [2.75, 3.05) is 6.54 Å². The Hall–Kier alpha value is -0.780. The summed E-state index contributed by atoms with van der Waals surface area (Å²) in [6.07, 6.45) is 4.85. The van der Waals surface area contributed by atoms with Crippen LogP contribution in [0.1, 0.15) is 29.8 Å². The smallest absolute Gasteiger partial charge is 0.141 e. The summed E-state index contributed by atoms with van der Waals surface area (Å²) >= 11 is 5.25. The van der Waals surface area contributed by atoms with Crippen molar-refractivity contribution in [2.24, 2.45) is 0 Å². The third-order valence-corrected chi connectivity index (χ3v) is 4.80. The van der Waals surface area contributed by atoms with Crippen LogP contribution in [0.15, 0.2) is 34.4 Å². The summed E-state index contributed by atoms with van der Waals surface area (Å²) in [6, 6.07) is 3.70. The molecule has 2 nitrogen and oxygen atoms in total. The summed E-state index contributed by atoms with van der Waals surface area (Å²) in [7, 11) is 0. The Labute approximate surface area is 125 Å². The molecule has 0 aromatic carbocycles. The van der Waals surface area contributed by atoms with E-state index in [1.807, 2.05) is 6.07 Å². The first-order valence-electron chi connectivity index (χ1n) is 6.26. The van der Waals surface area contributed by atoms with Crippen LogP contribution in [0.5, 0.6) is 0 Å². The molecule has 102 valence electrons. The molecular formula is C14H16BrFN2S. The van der Waals surface area contributed by atoms with Crippen LogP contribution in [0.3, 0.4) is 0 Å². The minimum Gasteiger partial charge on any atom is -0.310 e. The van der Waals surface area contributed by atoms with Gasteiger partial charge in [-0.25, -0.2) is 4.39 Å². The summed E-state index contributed by atoms with van der Waals surface area (Å²) in [5, 5.41) is 5.51. The van der Waals surface area contributed by atoms with Crippen molar-refractivity contribution in [2.45, 2.75) is 25.8 Å². The first kappa shape index (κ1) is 14.6. The van der Waals surface area contributed by atoms with Crippen molar-refractivity contribution in [3.05, 3.63) is 50.6 Å². The van der Waals surface area contributed by atoms with Gasteiger partial charge in [-0.3, -0.25) is 4.98 Å². The Morgan fingerprint density at radius 3 is 2.95 bits per heavy atom. The SMILES string of the molecule is CCCNC(Cc1sccc1Br)c1cncc(F)c1. The molecular weight excluding hydrogens is 327 g/mol. The summed E-state index contributed by atoms with van der Waals surface area (Å²) in [5.41, 5.74) is 0.897. The fourth-order valence-electron chi connectivity index (χ4n) is 1.90. The van der Waals surface area contributed by atoms with E-state index in [2.05, 4.69) is 38.5 Å². The Balaban J connectivity index is 2.18. The zero-order valence-electron chi connectivity index (χ0n) is 10.7. The van der Waals surface area contributed by atoms with Crippen molar-refractivity contribution >= 4 is 27.3 Å². The van der Waals surface area contributed by atoms with E-state index in [1.165, 1.54) is 11.1 Å². The highest BCUT2D eigenvalue weighted by Gasteiger charge is 2.15. The molecule has 0 aliphatic rings. The van der Waals surface area contributed by atoms with Crippen LogP contribution in [0.25, 0.3) is 0 Å². The number of thiophene rings is 1. The van der Waals surface area contributed by atoms with Crippen molar-refractivity contribution in [3.63, 3.8) is 0 Å². The largest absolute Gasteiger partial charge is 0.310 e. The van der Waals surface area contributed by atoms with Gasteiger partial charge in [0.1, 0.15) is 5.82 Å². The summed E-state index contributed by atoms with van der Waals surface area (Å²) in [6.45, 7) is 3.03. The van der Waals surface area contributed by atoms with E-state index in [-0.39, 0.29) is 11.9 Å². The predicted molar refractivity (Wildman–Crippen MR) is 81.0 cm³/mol. The first-order valence-corrected chi connectivity index (χ1v) is 7.93. The van der Waals surface area contributed by atoms with Crippen molar-refractivity contribution in [3.8, 4) is 0 Å². The number of nitrogens with zero attached hydrogens (tertiary/aromatic N) is 1. The average Bonchev–Trinajstić information content (AvgIpc) is 2.80. The molecule has 5 heteroatoms. The third kappa shape index (κ3) is 4.09. The van der Waals surface area contributed by atoms with Crippen LogP contribution in [-0.4, -0.2) is 11.5 Å². The van der Waals surface area contributed by atoms with Crippen molar-refractivity contribution in [1.82, 2.24) is 10.3 Å². The number of halogens is 2. The molecule has 19 heavy (non-hydrogen) atoms. The highest BCUT2D eigenvalue weighted by molar-refractivity contribution is 9.10. The zero-order chi connectivity index (χ0) is 13.7. The molecule has 1 atom stereocenters. The van der Waals surface area contributed by atoms with E-state index in [9.17, 15) is 4.39 Å². The van der Waals surface area contributed by atoms with Gasteiger partial charge >= 0.3 is 0 Å². The maximum Gasteiger partial charge on any atom is 0.141 e. The molecule has 0 bridgehead atoms. The molecule has 0 aliphatic heterocycles. The lowest BCUT2D eigenvalue weighted by Crippen LogP contribution is -2.24. The van der Waals surface area contributed by atoms with Gasteiger partial charge in [-0.2, -0.15) is 0 Å². The Morgan fingerprint density at radius 2 is 2.32 bits per heavy atom. The van der Waals surface area contributed by atoms with Gasteiger partial charge < -0.3 is 5.32 Å². The lowest BCUT2D eigenvalue weighted by molar-refractivity contribution is 0.524. The van der Waals surface area contributed by atoms with Gasteiger partial charge in [-0.1, -0.05) is 6.92 Å². The topological polar surface area (TPSA) is 24.9 Å². The number of hydrogen-bond donors (Lipinski definition) is 1. The lowest BCUT2D eigenvalue weighted by atomic mass is 10.0. The Bertz CT molecular complexity index is 530. The molecule has 0 amide bonds. The molecule has 0 radical (unpaired) electrons. The minimum absolute atomic E-state index is 0.0955. The van der Waals surface area contributed by atoms with E-state index in [4.69, 9.17) is 0 Å². The third-order valence-electron chi connectivity index (χ3n) is 2.85. The molecule has 2 heterocycles. The molecule has 2 rings (SSSR count). The maximum atomic E-state index is 13.3. The zero-order valence-corrected chi connectivity index (χ0v) is 13.1. The molecule has 0 fully saturated rings. The normalized spacial score (nSPS) is 12.6. The Kier molecular flexibility index (Phi) is 5.48. The van der Waals surface area contributed by atoms with Gasteiger partial charge in [0, 0.05) is 28.0 Å². The van der Waals surface area contributed by atoms with Gasteiger partial charge in [0.2, 0.25) is 0 Å². The highest BCUT2D eigenvalue weighted by Crippen LogP contribution is 2.28. The standard InChI is InChI=1S/C14H16BrFN2S/c1-2-4-18-13(7-14-12(15)3-5-19-14)10-6-11(16)9-17-8-10/h3,5-6,8-9,13,18H,2,4,7H2,1H3. The second kappa shape index (κ2) is 7.12. The molecule has 1 unspecified atom stereocenters. The summed E-state index contributed by atoms with van der Waals surface area (Å²) in [4.78, 5) is 5.20. The van der Waals surface area contributed by atoms with Gasteiger partial charge in [-0.15, -0.1) is 11.3 Å². The van der Waals surface area contributed by atoms with Crippen molar-refractivity contribution in [1.29, 1.82) is 0 Å². The molecule has 0 saturated carbocycles. The number of nitrogens with one attached hydrogen (secondary N) is 1. The molecule has 2 aromatic rings. The summed E-state index contributed by atoms with van der Waals surface area (Å²) in [5.74, 6) is -0.286. The van der Waals surface area contributed by atoms with E-state index in [1.54, 1.807) is 23.6 Å². The van der Waals surface area contributed by atoms with Gasteiger partial charge in [0.15, 0.2) is 0 Å². The van der Waals surface area contributed by atoms with E-state index < -0.39 is 0 Å². The van der Waals surface area contributed by atoms with Gasteiger partial charge in [0.25, 0.3) is 0 Å². The number of aromatic nitrogens is 1. The highest BCUT2D eigenvalue weighted by atomic mass is 79.9. The fourth-order valence-corrected chi connectivity index (χ4v) is 3.46. The summed E-state index contributed by atoms with van der Waals surface area (Å²) < 4.78 is 14.4. The quantitative estimate of drug-likeness (QED) is 0.845. The van der Waals surface area contributed by atoms with Crippen LogP contribution in [0.4, 0.5) is 4.39 Å². The first-order chi connectivity index (χ1) is 9.20. The number of rotatable bonds is 6. The number of hydrogen-bond acceptors (Lipinski definition) is 3. The predicted octanol–water partition coefficient (Wildman–Crippen LogP) is 4.33. The maximum absolute atomic E-state index is 13.3. The van der Waals surface area contributed by atoms with Crippen LogP contribution >= 0.6 is 27.3 Å². The molecule has 0 aliphatic carbocycles. The molecule has 0 saturated heterocycles. The van der Waals surface area contributed by atoms with Crippen LogP contribution < -0.4 is 5.32 Å². The average molecular weight is 343 g/mol. The van der Waals surface area contributed by atoms with Crippen LogP contribution in [0, 0.1) is 5.82 Å². The Morgan fingerprint density at radius 1 is 1.47 bits per heavy atom. The molecule has 2 aromatic heterocycles. The molecule has 1 N–H and O–H groups in total. The monoisotopic (exact) mass is 342 g/mol. The van der Waals surface area contributed by atoms with Crippen LogP contribution in [-0.2, 0) is 6.42 Å². The number of pyridine rings is 1. The van der Waals surface area contributed by atoms with E-state index in [0.717, 1.165) is 29.4 Å². The van der Waals surface area contributed by atoms with Gasteiger partial charge in [0.05, 0.1) is 6.20 Å². The second-order valence-corrected chi connectivity index (χ2v) is 6.19.